The van der Waals surface area contributed by atoms with E-state index in [0.717, 1.165) is 11.1 Å². The van der Waals surface area contributed by atoms with Crippen molar-refractivity contribution < 1.29 is 14.6 Å². The minimum absolute atomic E-state index is 0.168. The average Bonchev–Trinajstić information content (AvgIpc) is 2.27. The predicted molar refractivity (Wildman–Crippen MR) is 69.1 cm³/mol. The van der Waals surface area contributed by atoms with Crippen LogP contribution in [0.5, 0.6) is 17.2 Å². The molecule has 0 aromatic heterocycles. The van der Waals surface area contributed by atoms with Crippen LogP contribution in [0.1, 0.15) is 25.0 Å². The number of rotatable bonds is 4. The number of methoxy groups -OCH3 is 2. The topological polar surface area (TPSA) is 38.7 Å². The monoisotopic (exact) mass is 236 g/mol. The molecule has 0 aliphatic carbocycles. The van der Waals surface area contributed by atoms with Gasteiger partial charge >= 0.3 is 0 Å². The second kappa shape index (κ2) is 5.62. The summed E-state index contributed by atoms with van der Waals surface area (Å²) in [6.45, 7) is 6.02. The zero-order chi connectivity index (χ0) is 13.0. The second-order valence-electron chi connectivity index (χ2n) is 4.24. The highest BCUT2D eigenvalue weighted by atomic mass is 16.5. The summed E-state index contributed by atoms with van der Waals surface area (Å²) in [4.78, 5) is 0. The van der Waals surface area contributed by atoms with E-state index in [9.17, 15) is 5.11 Å². The van der Waals surface area contributed by atoms with Gasteiger partial charge in [-0.2, -0.15) is 0 Å². The van der Waals surface area contributed by atoms with Crippen LogP contribution >= 0.6 is 0 Å². The number of hydrogen-bond donors (Lipinski definition) is 1. The Kier molecular flexibility index (Phi) is 4.44. The first kappa shape index (κ1) is 13.4. The molecule has 0 heterocycles. The number of phenolic OH excluding ortho intramolecular Hbond substituents is 1. The maximum absolute atomic E-state index is 10.2. The lowest BCUT2D eigenvalue weighted by molar-refractivity contribution is 0.331. The molecular formula is C14H20O3. The molecule has 0 saturated carbocycles. The third-order valence-electron chi connectivity index (χ3n) is 2.69. The lowest BCUT2D eigenvalue weighted by Crippen LogP contribution is -1.97. The first-order chi connectivity index (χ1) is 8.01. The van der Waals surface area contributed by atoms with Crippen molar-refractivity contribution in [2.75, 3.05) is 14.2 Å². The molecule has 1 aromatic carbocycles. The summed E-state index contributed by atoms with van der Waals surface area (Å²) in [7, 11) is 3.09. The van der Waals surface area contributed by atoms with Crippen molar-refractivity contribution in [1.29, 1.82) is 0 Å². The Hall–Kier alpha value is -1.64. The van der Waals surface area contributed by atoms with Gasteiger partial charge in [-0.05, 0) is 38.8 Å². The lowest BCUT2D eigenvalue weighted by Gasteiger charge is -2.14. The molecule has 0 saturated heterocycles. The lowest BCUT2D eigenvalue weighted by atomic mass is 10.0. The van der Waals surface area contributed by atoms with Gasteiger partial charge in [0.1, 0.15) is 0 Å². The van der Waals surface area contributed by atoms with E-state index in [4.69, 9.17) is 9.47 Å². The Balaban J connectivity index is 3.26. The molecule has 0 bridgehead atoms. The molecule has 0 aliphatic heterocycles. The molecule has 0 spiro atoms. The Labute approximate surface area is 103 Å². The van der Waals surface area contributed by atoms with Crippen LogP contribution in [0.2, 0.25) is 0 Å². The van der Waals surface area contributed by atoms with E-state index in [-0.39, 0.29) is 5.75 Å². The third kappa shape index (κ3) is 2.93. The summed E-state index contributed by atoms with van der Waals surface area (Å²) < 4.78 is 10.4. The van der Waals surface area contributed by atoms with E-state index < -0.39 is 0 Å². The normalized spacial score (nSPS) is 9.94. The first-order valence-corrected chi connectivity index (χ1v) is 5.58. The molecule has 0 unspecified atom stereocenters. The van der Waals surface area contributed by atoms with Crippen molar-refractivity contribution >= 4 is 0 Å². The van der Waals surface area contributed by atoms with Crippen molar-refractivity contribution in [3.63, 3.8) is 0 Å². The summed E-state index contributed by atoms with van der Waals surface area (Å²) >= 11 is 0. The highest BCUT2D eigenvalue weighted by Gasteiger charge is 2.16. The summed E-state index contributed by atoms with van der Waals surface area (Å²) in [6, 6.07) is 1.88. The number of ether oxygens (including phenoxy) is 2. The molecule has 1 N–H and O–H groups in total. The molecule has 3 nitrogen and oxygen atoms in total. The number of aryl methyl sites for hydroxylation is 1. The summed E-state index contributed by atoms with van der Waals surface area (Å²) in [6.07, 6.45) is 2.77. The predicted octanol–water partition coefficient (Wildman–Crippen LogP) is 3.23. The van der Waals surface area contributed by atoms with E-state index in [1.165, 1.54) is 12.7 Å². The van der Waals surface area contributed by atoms with Crippen molar-refractivity contribution in [3.05, 3.63) is 28.8 Å². The zero-order valence-electron chi connectivity index (χ0n) is 11.1. The molecule has 1 aromatic rings. The van der Waals surface area contributed by atoms with Crippen molar-refractivity contribution in [2.45, 2.75) is 27.2 Å². The van der Waals surface area contributed by atoms with E-state index >= 15 is 0 Å². The summed E-state index contributed by atoms with van der Waals surface area (Å²) in [5.74, 6) is 1.13. The SMILES string of the molecule is COc1cc(C)c(CC=C(C)C)c(O)c1OC. The zero-order valence-corrected chi connectivity index (χ0v) is 11.1. The maximum Gasteiger partial charge on any atom is 0.203 e. The number of aromatic hydroxyl groups is 1. The quantitative estimate of drug-likeness (QED) is 0.816. The van der Waals surface area contributed by atoms with Crippen LogP contribution in [0.3, 0.4) is 0 Å². The Bertz CT molecular complexity index is 430. The molecule has 0 fully saturated rings. The van der Waals surface area contributed by atoms with E-state index in [1.807, 2.05) is 26.8 Å². The van der Waals surface area contributed by atoms with Crippen LogP contribution in [-0.2, 0) is 6.42 Å². The van der Waals surface area contributed by atoms with Gasteiger partial charge in [-0.15, -0.1) is 0 Å². The van der Waals surface area contributed by atoms with Gasteiger partial charge in [-0.25, -0.2) is 0 Å². The number of allylic oxidation sites excluding steroid dienone is 2. The van der Waals surface area contributed by atoms with Crippen molar-refractivity contribution in [2.24, 2.45) is 0 Å². The number of phenols is 1. The third-order valence-corrected chi connectivity index (χ3v) is 2.69. The molecule has 3 heteroatoms. The highest BCUT2D eigenvalue weighted by Crippen LogP contribution is 2.41. The number of hydrogen-bond acceptors (Lipinski definition) is 3. The van der Waals surface area contributed by atoms with Gasteiger partial charge in [0.25, 0.3) is 0 Å². The first-order valence-electron chi connectivity index (χ1n) is 5.58. The minimum Gasteiger partial charge on any atom is -0.504 e. The number of benzene rings is 1. The molecule has 1 rings (SSSR count). The van der Waals surface area contributed by atoms with E-state index in [2.05, 4.69) is 6.08 Å². The molecule has 17 heavy (non-hydrogen) atoms. The minimum atomic E-state index is 0.168. The molecule has 0 aliphatic rings. The molecule has 0 radical (unpaired) electrons. The van der Waals surface area contributed by atoms with Crippen molar-refractivity contribution in [1.82, 2.24) is 0 Å². The average molecular weight is 236 g/mol. The van der Waals surface area contributed by atoms with Crippen molar-refractivity contribution in [3.8, 4) is 17.2 Å². The van der Waals surface area contributed by atoms with Crippen LogP contribution in [0.4, 0.5) is 0 Å². The maximum atomic E-state index is 10.2. The van der Waals surface area contributed by atoms with Crippen LogP contribution in [0, 0.1) is 6.92 Å². The van der Waals surface area contributed by atoms with Gasteiger partial charge < -0.3 is 14.6 Å². The Morgan fingerprint density at radius 1 is 1.29 bits per heavy atom. The summed E-state index contributed by atoms with van der Waals surface area (Å²) in [5.41, 5.74) is 3.10. The fraction of sp³-hybridized carbons (Fsp3) is 0.429. The molecular weight excluding hydrogens is 216 g/mol. The fourth-order valence-corrected chi connectivity index (χ4v) is 1.70. The van der Waals surface area contributed by atoms with Gasteiger partial charge in [-0.1, -0.05) is 11.6 Å². The smallest absolute Gasteiger partial charge is 0.203 e. The van der Waals surface area contributed by atoms with Crippen LogP contribution in [0.25, 0.3) is 0 Å². The molecule has 0 atom stereocenters. The fourth-order valence-electron chi connectivity index (χ4n) is 1.70. The van der Waals surface area contributed by atoms with E-state index in [1.54, 1.807) is 7.11 Å². The van der Waals surface area contributed by atoms with Gasteiger partial charge in [0.05, 0.1) is 14.2 Å². The largest absolute Gasteiger partial charge is 0.504 e. The Morgan fingerprint density at radius 3 is 2.41 bits per heavy atom. The molecule has 94 valence electrons. The molecule has 0 amide bonds. The van der Waals surface area contributed by atoms with Gasteiger partial charge in [0.2, 0.25) is 5.75 Å². The van der Waals surface area contributed by atoms with Crippen LogP contribution in [0.15, 0.2) is 17.7 Å². The Morgan fingerprint density at radius 2 is 1.94 bits per heavy atom. The van der Waals surface area contributed by atoms with Gasteiger partial charge in [-0.3, -0.25) is 0 Å². The van der Waals surface area contributed by atoms with Gasteiger partial charge in [0, 0.05) is 5.56 Å². The standard InChI is InChI=1S/C14H20O3/c1-9(2)6-7-11-10(3)8-12(16-4)14(17-5)13(11)15/h6,8,15H,7H2,1-5H3. The van der Waals surface area contributed by atoms with Crippen LogP contribution in [-0.4, -0.2) is 19.3 Å². The summed E-state index contributed by atoms with van der Waals surface area (Å²) in [5, 5.41) is 10.2. The van der Waals surface area contributed by atoms with Gasteiger partial charge in [0.15, 0.2) is 11.5 Å². The highest BCUT2D eigenvalue weighted by molar-refractivity contribution is 5.58. The van der Waals surface area contributed by atoms with Crippen LogP contribution < -0.4 is 9.47 Å². The second-order valence-corrected chi connectivity index (χ2v) is 4.24. The van der Waals surface area contributed by atoms with E-state index in [0.29, 0.717) is 17.9 Å².